The van der Waals surface area contributed by atoms with Gasteiger partial charge in [0.1, 0.15) is 0 Å². The Balaban J connectivity index is 1.56. The first-order chi connectivity index (χ1) is 6.81. The minimum absolute atomic E-state index is 0.848. The zero-order chi connectivity index (χ0) is 9.54. The van der Waals surface area contributed by atoms with E-state index >= 15 is 0 Å². The highest BCUT2D eigenvalue weighted by Crippen LogP contribution is 2.33. The van der Waals surface area contributed by atoms with E-state index in [4.69, 9.17) is 0 Å². The average Bonchev–Trinajstić information content (AvgIpc) is 2.93. The number of nitrogens with one attached hydrogen (secondary N) is 1. The molecule has 2 heteroatoms. The van der Waals surface area contributed by atoms with Crippen molar-refractivity contribution in [1.82, 2.24) is 10.2 Å². The normalized spacial score (nSPS) is 42.0. The molecule has 0 aromatic rings. The van der Waals surface area contributed by atoms with Gasteiger partial charge in [-0.25, -0.2) is 0 Å². The Kier molecular flexibility index (Phi) is 2.29. The summed E-state index contributed by atoms with van der Waals surface area (Å²) in [6.45, 7) is 1.37. The number of fused-ring (bicyclic) bond motifs is 2. The number of hydrogen-bond acceptors (Lipinski definition) is 2. The first kappa shape index (κ1) is 9.17. The molecule has 0 aromatic heterocycles. The molecular weight excluding hydrogens is 172 g/mol. The van der Waals surface area contributed by atoms with Crippen LogP contribution in [-0.4, -0.2) is 36.6 Å². The van der Waals surface area contributed by atoms with Gasteiger partial charge in [-0.2, -0.15) is 0 Å². The van der Waals surface area contributed by atoms with E-state index in [2.05, 4.69) is 17.3 Å². The molecule has 2 aliphatic heterocycles. The Hall–Kier alpha value is -0.0800. The van der Waals surface area contributed by atoms with E-state index in [1.807, 2.05) is 0 Å². The van der Waals surface area contributed by atoms with E-state index in [9.17, 15) is 0 Å². The maximum absolute atomic E-state index is 3.72. The van der Waals surface area contributed by atoms with Gasteiger partial charge in [0.25, 0.3) is 0 Å². The Morgan fingerprint density at radius 1 is 1.07 bits per heavy atom. The van der Waals surface area contributed by atoms with E-state index in [-0.39, 0.29) is 0 Å². The van der Waals surface area contributed by atoms with Gasteiger partial charge in [0.15, 0.2) is 0 Å². The fourth-order valence-corrected chi connectivity index (χ4v) is 3.24. The van der Waals surface area contributed by atoms with Crippen LogP contribution in [-0.2, 0) is 0 Å². The maximum Gasteiger partial charge on any atom is 0.0122 e. The highest BCUT2D eigenvalue weighted by Gasteiger charge is 2.36. The molecule has 0 spiro atoms. The lowest BCUT2D eigenvalue weighted by Crippen LogP contribution is -2.47. The van der Waals surface area contributed by atoms with Crippen molar-refractivity contribution in [2.75, 3.05) is 13.6 Å². The molecule has 0 radical (unpaired) electrons. The highest BCUT2D eigenvalue weighted by molar-refractivity contribution is 4.95. The lowest BCUT2D eigenvalue weighted by atomic mass is 9.98. The SMILES string of the molecule is CN(CC1CC1)C1C[C@H]2CC[C@@H](C1)N2. The average molecular weight is 194 g/mol. The first-order valence-corrected chi connectivity index (χ1v) is 6.27. The molecule has 0 amide bonds. The quantitative estimate of drug-likeness (QED) is 0.734. The molecule has 1 unspecified atom stereocenters. The van der Waals surface area contributed by atoms with E-state index in [1.54, 1.807) is 0 Å². The standard InChI is InChI=1S/C12H22N2/c1-14(8-9-2-3-9)12-6-10-4-5-11(7-12)13-10/h9-13H,2-8H2,1H3/t10-,11+,12?. The molecule has 2 heterocycles. The van der Waals surface area contributed by atoms with E-state index in [0.29, 0.717) is 0 Å². The van der Waals surface area contributed by atoms with Gasteiger partial charge in [0.2, 0.25) is 0 Å². The second-order valence-electron chi connectivity index (χ2n) is 5.65. The van der Waals surface area contributed by atoms with Crippen molar-refractivity contribution >= 4 is 0 Å². The van der Waals surface area contributed by atoms with Gasteiger partial charge < -0.3 is 10.2 Å². The summed E-state index contributed by atoms with van der Waals surface area (Å²) in [7, 11) is 2.34. The molecule has 0 aromatic carbocycles. The topological polar surface area (TPSA) is 15.3 Å². The summed E-state index contributed by atoms with van der Waals surface area (Å²) in [6, 6.07) is 2.58. The number of nitrogens with zero attached hydrogens (tertiary/aromatic N) is 1. The molecule has 14 heavy (non-hydrogen) atoms. The number of hydrogen-bond donors (Lipinski definition) is 1. The van der Waals surface area contributed by atoms with Crippen LogP contribution >= 0.6 is 0 Å². The van der Waals surface area contributed by atoms with Crippen LogP contribution in [0.3, 0.4) is 0 Å². The predicted octanol–water partition coefficient (Wildman–Crippen LogP) is 1.61. The van der Waals surface area contributed by atoms with Crippen LogP contribution in [0.1, 0.15) is 38.5 Å². The van der Waals surface area contributed by atoms with Crippen LogP contribution < -0.4 is 5.32 Å². The predicted molar refractivity (Wildman–Crippen MR) is 58.3 cm³/mol. The van der Waals surface area contributed by atoms with Gasteiger partial charge in [0.05, 0.1) is 0 Å². The molecule has 3 rings (SSSR count). The second-order valence-corrected chi connectivity index (χ2v) is 5.65. The zero-order valence-electron chi connectivity index (χ0n) is 9.21. The minimum atomic E-state index is 0.848. The smallest absolute Gasteiger partial charge is 0.0122 e. The van der Waals surface area contributed by atoms with Gasteiger partial charge in [-0.1, -0.05) is 0 Å². The van der Waals surface area contributed by atoms with Crippen molar-refractivity contribution in [2.45, 2.75) is 56.7 Å². The molecule has 2 saturated heterocycles. The van der Waals surface area contributed by atoms with Gasteiger partial charge in [-0.15, -0.1) is 0 Å². The van der Waals surface area contributed by atoms with Crippen molar-refractivity contribution in [1.29, 1.82) is 0 Å². The van der Waals surface area contributed by atoms with Crippen molar-refractivity contribution in [3.05, 3.63) is 0 Å². The summed E-state index contributed by atoms with van der Waals surface area (Å²) in [5, 5.41) is 3.72. The zero-order valence-corrected chi connectivity index (χ0v) is 9.21. The molecule has 80 valence electrons. The van der Waals surface area contributed by atoms with Gasteiger partial charge >= 0.3 is 0 Å². The molecule has 3 aliphatic rings. The summed E-state index contributed by atoms with van der Waals surface area (Å²) in [4.78, 5) is 2.64. The third-order valence-electron chi connectivity index (χ3n) is 4.31. The molecule has 1 saturated carbocycles. The van der Waals surface area contributed by atoms with E-state index in [0.717, 1.165) is 24.0 Å². The van der Waals surface area contributed by atoms with Crippen LogP contribution in [0.15, 0.2) is 0 Å². The minimum Gasteiger partial charge on any atom is -0.311 e. The van der Waals surface area contributed by atoms with Crippen LogP contribution in [0.25, 0.3) is 0 Å². The molecule has 2 nitrogen and oxygen atoms in total. The third kappa shape index (κ3) is 1.82. The molecule has 3 fully saturated rings. The van der Waals surface area contributed by atoms with Crippen molar-refractivity contribution < 1.29 is 0 Å². The summed E-state index contributed by atoms with van der Waals surface area (Å²) in [5.41, 5.74) is 0. The number of piperidine rings is 1. The maximum atomic E-state index is 3.72. The van der Waals surface area contributed by atoms with Crippen molar-refractivity contribution in [2.24, 2.45) is 5.92 Å². The Morgan fingerprint density at radius 2 is 1.71 bits per heavy atom. The number of rotatable bonds is 3. The van der Waals surface area contributed by atoms with E-state index < -0.39 is 0 Å². The molecular formula is C12H22N2. The van der Waals surface area contributed by atoms with Crippen LogP contribution in [0.5, 0.6) is 0 Å². The molecule has 2 bridgehead atoms. The summed E-state index contributed by atoms with van der Waals surface area (Å²) in [5.74, 6) is 1.05. The lowest BCUT2D eigenvalue weighted by molar-refractivity contribution is 0.167. The Bertz CT molecular complexity index is 200. The van der Waals surface area contributed by atoms with Gasteiger partial charge in [0, 0.05) is 24.7 Å². The third-order valence-corrected chi connectivity index (χ3v) is 4.31. The largest absolute Gasteiger partial charge is 0.311 e. The Labute approximate surface area is 87.0 Å². The van der Waals surface area contributed by atoms with Crippen LogP contribution in [0, 0.1) is 5.92 Å². The summed E-state index contributed by atoms with van der Waals surface area (Å²) in [6.07, 6.45) is 8.64. The fourth-order valence-electron chi connectivity index (χ4n) is 3.24. The van der Waals surface area contributed by atoms with Crippen molar-refractivity contribution in [3.63, 3.8) is 0 Å². The van der Waals surface area contributed by atoms with Crippen LogP contribution in [0.4, 0.5) is 0 Å². The van der Waals surface area contributed by atoms with E-state index in [1.165, 1.54) is 45.1 Å². The molecule has 1 aliphatic carbocycles. The van der Waals surface area contributed by atoms with Gasteiger partial charge in [-0.3, -0.25) is 0 Å². The molecule has 1 N–H and O–H groups in total. The molecule has 3 atom stereocenters. The van der Waals surface area contributed by atoms with Gasteiger partial charge in [-0.05, 0) is 51.5 Å². The monoisotopic (exact) mass is 194 g/mol. The first-order valence-electron chi connectivity index (χ1n) is 6.27. The van der Waals surface area contributed by atoms with Crippen molar-refractivity contribution in [3.8, 4) is 0 Å². The summed E-state index contributed by atoms with van der Waals surface area (Å²) < 4.78 is 0. The Morgan fingerprint density at radius 3 is 2.29 bits per heavy atom. The fraction of sp³-hybridized carbons (Fsp3) is 1.00. The summed E-state index contributed by atoms with van der Waals surface area (Å²) >= 11 is 0. The second kappa shape index (κ2) is 3.49. The highest BCUT2D eigenvalue weighted by atomic mass is 15.2. The lowest BCUT2D eigenvalue weighted by Gasteiger charge is -2.35. The van der Waals surface area contributed by atoms with Crippen LogP contribution in [0.2, 0.25) is 0 Å².